The second-order valence-electron chi connectivity index (χ2n) is 12.9. The molecule has 0 saturated carbocycles. The minimum atomic E-state index is -0.600. The summed E-state index contributed by atoms with van der Waals surface area (Å²) in [6, 6.07) is 29.4. The largest absolute Gasteiger partial charge is 0.439 e. The molecule has 4 aromatic carbocycles. The van der Waals surface area contributed by atoms with E-state index in [9.17, 15) is 9.59 Å². The molecule has 0 saturated heterocycles. The molecule has 0 radical (unpaired) electrons. The van der Waals surface area contributed by atoms with E-state index in [1.54, 1.807) is 0 Å². The number of hydrogen-bond acceptors (Lipinski definition) is 6. The number of carbonyl (C=O) groups is 2. The Morgan fingerprint density at radius 1 is 0.630 bits per heavy atom. The number of aryl methyl sites for hydroxylation is 2. The maximum absolute atomic E-state index is 13.3. The molecule has 0 aromatic heterocycles. The van der Waals surface area contributed by atoms with Gasteiger partial charge in [-0.2, -0.15) is 0 Å². The molecule has 4 atom stereocenters. The van der Waals surface area contributed by atoms with Crippen LogP contribution in [0.2, 0.25) is 0 Å². The van der Waals surface area contributed by atoms with Crippen molar-refractivity contribution in [2.45, 2.75) is 65.1 Å². The fourth-order valence-electron chi connectivity index (χ4n) is 6.89. The Morgan fingerprint density at radius 3 is 1.37 bits per heavy atom. The number of ether oxygens (including phenoxy) is 2. The zero-order valence-electron chi connectivity index (χ0n) is 27.5. The number of hydrogen-bond donors (Lipinski definition) is 0. The molecule has 0 spiro atoms. The number of esters is 2. The SMILES string of the molecule is Cc1cc2c(c(-c3ccccc3)c1)C(OC(=O)/C=C\C(=O)OC1c3c(cc(C)cc3-c3ccccc3)CC(C)N1C)N(C)C(C)C2. The molecule has 0 aliphatic carbocycles. The van der Waals surface area contributed by atoms with Gasteiger partial charge in [-0.15, -0.1) is 0 Å². The number of fused-ring (bicyclic) bond motifs is 2. The molecule has 6 heteroatoms. The van der Waals surface area contributed by atoms with Gasteiger partial charge in [-0.1, -0.05) is 96.1 Å². The predicted molar refractivity (Wildman–Crippen MR) is 182 cm³/mol. The monoisotopic (exact) mass is 614 g/mol. The lowest BCUT2D eigenvalue weighted by Gasteiger charge is -2.40. The summed E-state index contributed by atoms with van der Waals surface area (Å²) in [5, 5.41) is 0. The first-order chi connectivity index (χ1) is 22.1. The van der Waals surface area contributed by atoms with Gasteiger partial charge in [0.1, 0.15) is 0 Å². The van der Waals surface area contributed by atoms with Crippen LogP contribution >= 0.6 is 0 Å². The van der Waals surface area contributed by atoms with Crippen molar-refractivity contribution in [3.63, 3.8) is 0 Å². The van der Waals surface area contributed by atoms with Crippen LogP contribution in [0.25, 0.3) is 22.3 Å². The van der Waals surface area contributed by atoms with E-state index in [0.717, 1.165) is 57.3 Å². The smallest absolute Gasteiger partial charge is 0.332 e. The summed E-state index contributed by atoms with van der Waals surface area (Å²) in [5.41, 5.74) is 10.9. The van der Waals surface area contributed by atoms with Crippen LogP contribution < -0.4 is 0 Å². The summed E-state index contributed by atoms with van der Waals surface area (Å²) in [5.74, 6) is -1.19. The van der Waals surface area contributed by atoms with Crippen LogP contribution in [0.4, 0.5) is 0 Å². The van der Waals surface area contributed by atoms with Gasteiger partial charge in [0.2, 0.25) is 0 Å². The van der Waals surface area contributed by atoms with Gasteiger partial charge < -0.3 is 9.47 Å². The first kappa shape index (κ1) is 31.5. The Hall–Kier alpha value is -4.52. The second-order valence-corrected chi connectivity index (χ2v) is 12.9. The number of carbonyl (C=O) groups excluding carboxylic acids is 2. The van der Waals surface area contributed by atoms with E-state index in [4.69, 9.17) is 9.47 Å². The molecule has 0 N–H and O–H groups in total. The van der Waals surface area contributed by atoms with Gasteiger partial charge in [-0.05, 0) is 88.0 Å². The Morgan fingerprint density at radius 2 is 1.00 bits per heavy atom. The topological polar surface area (TPSA) is 59.1 Å². The third-order valence-corrected chi connectivity index (χ3v) is 9.46. The molecular formula is C40H42N2O4. The Balaban J connectivity index is 1.25. The lowest BCUT2D eigenvalue weighted by molar-refractivity contribution is -0.158. The van der Waals surface area contributed by atoms with E-state index in [0.29, 0.717) is 0 Å². The fraction of sp³-hybridized carbons (Fsp3) is 0.300. The van der Waals surface area contributed by atoms with E-state index in [-0.39, 0.29) is 12.1 Å². The van der Waals surface area contributed by atoms with Gasteiger partial charge in [-0.3, -0.25) is 9.80 Å². The lowest BCUT2D eigenvalue weighted by Crippen LogP contribution is -2.41. The Bertz CT molecular complexity index is 1650. The highest BCUT2D eigenvalue weighted by Gasteiger charge is 2.36. The van der Waals surface area contributed by atoms with Crippen molar-refractivity contribution in [3.05, 3.63) is 130 Å². The number of likely N-dealkylation sites (N-methyl/N-ethyl adjacent to an activating group) is 2. The van der Waals surface area contributed by atoms with Gasteiger partial charge >= 0.3 is 11.9 Å². The van der Waals surface area contributed by atoms with Crippen molar-refractivity contribution in [1.82, 2.24) is 9.80 Å². The molecule has 236 valence electrons. The van der Waals surface area contributed by atoms with Crippen molar-refractivity contribution in [1.29, 1.82) is 0 Å². The molecule has 2 aliphatic heterocycles. The highest BCUT2D eigenvalue weighted by molar-refractivity contribution is 5.92. The van der Waals surface area contributed by atoms with Crippen molar-refractivity contribution in [3.8, 4) is 22.3 Å². The highest BCUT2D eigenvalue weighted by atomic mass is 16.6. The summed E-state index contributed by atoms with van der Waals surface area (Å²) in [4.78, 5) is 30.8. The van der Waals surface area contributed by atoms with Gasteiger partial charge in [0.25, 0.3) is 0 Å². The van der Waals surface area contributed by atoms with Crippen molar-refractivity contribution in [2.75, 3.05) is 14.1 Å². The van der Waals surface area contributed by atoms with Crippen LogP contribution in [-0.4, -0.2) is 47.9 Å². The van der Waals surface area contributed by atoms with Gasteiger partial charge in [0.05, 0.1) is 0 Å². The minimum absolute atomic E-state index is 0.163. The first-order valence-corrected chi connectivity index (χ1v) is 16.0. The number of benzene rings is 4. The third-order valence-electron chi connectivity index (χ3n) is 9.46. The van der Waals surface area contributed by atoms with Crippen molar-refractivity contribution in [2.24, 2.45) is 0 Å². The molecule has 4 aromatic rings. The standard InChI is InChI=1S/C40H42N2O4/c1-25-19-31-23-27(3)41(5)39(37(31)33(21-25)29-13-9-7-10-14-29)45-35(43)17-18-36(44)46-40-38-32(24-28(4)42(40)6)20-26(2)22-34(38)30-15-11-8-12-16-30/h7-22,27-28,39-40H,23-24H2,1-6H3/b18-17-. The third kappa shape index (κ3) is 6.28. The lowest BCUT2D eigenvalue weighted by atomic mass is 9.86. The quantitative estimate of drug-likeness (QED) is 0.164. The molecule has 0 fully saturated rings. The van der Waals surface area contributed by atoms with Crippen LogP contribution in [0.3, 0.4) is 0 Å². The van der Waals surface area contributed by atoms with Crippen LogP contribution in [0, 0.1) is 13.8 Å². The molecule has 0 bridgehead atoms. The zero-order valence-corrected chi connectivity index (χ0v) is 27.5. The number of rotatable bonds is 6. The van der Waals surface area contributed by atoms with Gasteiger partial charge in [-0.25, -0.2) is 9.59 Å². The van der Waals surface area contributed by atoms with E-state index in [1.807, 2.05) is 50.5 Å². The second kappa shape index (κ2) is 13.1. The van der Waals surface area contributed by atoms with E-state index >= 15 is 0 Å². The van der Waals surface area contributed by atoms with Crippen molar-refractivity contribution < 1.29 is 19.1 Å². The maximum Gasteiger partial charge on any atom is 0.332 e. The minimum Gasteiger partial charge on any atom is -0.439 e. The molecule has 2 aliphatic rings. The Kier molecular flexibility index (Phi) is 8.94. The van der Waals surface area contributed by atoms with Crippen molar-refractivity contribution >= 4 is 11.9 Å². The molecule has 46 heavy (non-hydrogen) atoms. The van der Waals surface area contributed by atoms with Crippen LogP contribution in [0.5, 0.6) is 0 Å². The molecule has 4 unspecified atom stereocenters. The van der Waals surface area contributed by atoms with E-state index < -0.39 is 24.4 Å². The Labute approximate surface area is 272 Å². The maximum atomic E-state index is 13.3. The first-order valence-electron chi connectivity index (χ1n) is 16.0. The summed E-state index contributed by atoms with van der Waals surface area (Å²) < 4.78 is 12.2. The van der Waals surface area contributed by atoms with Crippen LogP contribution in [0.1, 0.15) is 59.7 Å². The van der Waals surface area contributed by atoms with Crippen LogP contribution in [0.15, 0.2) is 97.1 Å². The molecule has 6 nitrogen and oxygen atoms in total. The average Bonchev–Trinajstić information content (AvgIpc) is 3.04. The number of nitrogens with zero attached hydrogens (tertiary/aromatic N) is 2. The molecule has 6 rings (SSSR count). The van der Waals surface area contributed by atoms with Crippen LogP contribution in [-0.2, 0) is 31.9 Å². The summed E-state index contributed by atoms with van der Waals surface area (Å²) >= 11 is 0. The molecular weight excluding hydrogens is 572 g/mol. The highest BCUT2D eigenvalue weighted by Crippen LogP contribution is 2.42. The van der Waals surface area contributed by atoms with Gasteiger partial charge in [0, 0.05) is 35.4 Å². The fourth-order valence-corrected chi connectivity index (χ4v) is 6.89. The summed E-state index contributed by atoms with van der Waals surface area (Å²) in [7, 11) is 3.95. The zero-order chi connectivity index (χ0) is 32.5. The normalized spacial score (nSPS) is 21.4. The predicted octanol–water partition coefficient (Wildman–Crippen LogP) is 7.73. The van der Waals surface area contributed by atoms with E-state index in [1.165, 1.54) is 23.3 Å². The average molecular weight is 615 g/mol. The molecule has 2 heterocycles. The summed E-state index contributed by atoms with van der Waals surface area (Å²) in [6.07, 6.45) is 2.87. The molecule has 0 amide bonds. The summed E-state index contributed by atoms with van der Waals surface area (Å²) in [6.45, 7) is 8.45. The van der Waals surface area contributed by atoms with E-state index in [2.05, 4.69) is 86.0 Å². The van der Waals surface area contributed by atoms with Gasteiger partial charge in [0.15, 0.2) is 12.5 Å².